The summed E-state index contributed by atoms with van der Waals surface area (Å²) in [6, 6.07) is 14.9. The first-order valence-corrected chi connectivity index (χ1v) is 37.4. The van der Waals surface area contributed by atoms with E-state index in [-0.39, 0.29) is 113 Å². The minimum Gasteiger partial charge on any atom is -0.458 e. The summed E-state index contributed by atoms with van der Waals surface area (Å²) in [5, 5.41) is 47.0. The van der Waals surface area contributed by atoms with Crippen LogP contribution in [0.1, 0.15) is 209 Å². The van der Waals surface area contributed by atoms with Crippen molar-refractivity contribution in [1.29, 1.82) is 0 Å². The number of hydrogen-bond acceptors (Lipinski definition) is 13. The Morgan fingerprint density at radius 1 is 0.750 bits per heavy atom. The lowest BCUT2D eigenvalue weighted by Gasteiger charge is -2.62. The summed E-state index contributed by atoms with van der Waals surface area (Å²) >= 11 is 0. The van der Waals surface area contributed by atoms with Gasteiger partial charge in [-0.25, -0.2) is 4.79 Å². The fourth-order valence-corrected chi connectivity index (χ4v) is 22.1. The molecule has 8 aliphatic carbocycles. The van der Waals surface area contributed by atoms with Crippen LogP contribution in [0.2, 0.25) is 0 Å². The number of ketones is 1. The average molecular weight is 1320 g/mol. The molecule has 96 heavy (non-hydrogen) atoms. The van der Waals surface area contributed by atoms with Gasteiger partial charge in [0.1, 0.15) is 19.3 Å². The van der Waals surface area contributed by atoms with Crippen LogP contribution in [0.15, 0.2) is 89.0 Å². The molecular formula is C79H109N5O12. The van der Waals surface area contributed by atoms with E-state index in [4.69, 9.17) is 14.2 Å². The van der Waals surface area contributed by atoms with E-state index in [9.17, 15) is 44.1 Å². The topological polar surface area (TPSA) is 242 Å². The summed E-state index contributed by atoms with van der Waals surface area (Å²) in [5.41, 5.74) is 5.77. The number of nitrogens with one attached hydrogen (secondary N) is 4. The Hall–Kier alpha value is -5.56. The summed E-state index contributed by atoms with van der Waals surface area (Å²) in [6.07, 6.45) is 22.2. The normalized spacial score (nSPS) is 37.7. The van der Waals surface area contributed by atoms with Crippen LogP contribution in [0, 0.1) is 70.0 Å². The molecule has 2 aromatic rings. The molecule has 6 saturated carbocycles. The van der Waals surface area contributed by atoms with Crippen molar-refractivity contribution in [3.8, 4) is 0 Å². The van der Waals surface area contributed by atoms with Gasteiger partial charge >= 0.3 is 5.97 Å². The number of carbonyl (C=O) groups is 6. The second-order valence-electron chi connectivity index (χ2n) is 32.3. The lowest BCUT2D eigenvalue weighted by molar-refractivity contribution is -0.210. The van der Waals surface area contributed by atoms with Gasteiger partial charge in [0, 0.05) is 79.8 Å². The molecule has 3 heterocycles. The van der Waals surface area contributed by atoms with Gasteiger partial charge in [0.15, 0.2) is 5.78 Å². The van der Waals surface area contributed by atoms with Crippen molar-refractivity contribution < 1.29 is 58.3 Å². The number of benzene rings is 2. The van der Waals surface area contributed by atoms with E-state index in [1.54, 1.807) is 48.0 Å². The van der Waals surface area contributed by atoms with E-state index in [1.807, 2.05) is 18.2 Å². The third kappa shape index (κ3) is 13.4. The van der Waals surface area contributed by atoms with E-state index in [2.05, 4.69) is 66.9 Å². The Kier molecular flexibility index (Phi) is 20.5. The summed E-state index contributed by atoms with van der Waals surface area (Å²) in [4.78, 5) is 82.0. The quantitative estimate of drug-likeness (QED) is 0.0237. The van der Waals surface area contributed by atoms with Gasteiger partial charge in [-0.15, -0.1) is 0 Å². The number of allylic oxidation sites excluding steroid dienone is 2. The number of hydrogen-bond donors (Lipinski definition) is 7. The number of carbonyl (C=O) groups excluding carboxylic acids is 6. The van der Waals surface area contributed by atoms with Crippen molar-refractivity contribution in [3.63, 3.8) is 0 Å². The highest BCUT2D eigenvalue weighted by Crippen LogP contribution is 2.68. The van der Waals surface area contributed by atoms with Crippen molar-refractivity contribution in [1.82, 2.24) is 26.2 Å². The Bertz CT molecular complexity index is 3310. The Labute approximate surface area is 568 Å². The maximum absolute atomic E-state index is 14.3. The van der Waals surface area contributed by atoms with Gasteiger partial charge in [-0.05, 0) is 223 Å². The summed E-state index contributed by atoms with van der Waals surface area (Å²) in [5.74, 6) is 1.62. The lowest BCUT2D eigenvalue weighted by Crippen LogP contribution is -2.62. The predicted molar refractivity (Wildman–Crippen MR) is 365 cm³/mol. The predicted octanol–water partition coefficient (Wildman–Crippen LogP) is 10.0. The van der Waals surface area contributed by atoms with Crippen LogP contribution in [0.5, 0.6) is 0 Å². The zero-order chi connectivity index (χ0) is 67.3. The molecule has 522 valence electrons. The Morgan fingerprint density at radius 2 is 1.50 bits per heavy atom. The lowest BCUT2D eigenvalue weighted by atomic mass is 9.45. The molecular weight excluding hydrogens is 1210 g/mol. The van der Waals surface area contributed by atoms with E-state index in [0.717, 1.165) is 115 Å². The molecule has 2 saturated heterocycles. The number of esters is 1. The minimum absolute atomic E-state index is 0.000576. The molecule has 3 aliphatic heterocycles. The second kappa shape index (κ2) is 28.6. The number of nitrogens with zero attached hydrogens (tertiary/aromatic N) is 1. The molecule has 7 N–H and O–H groups in total. The number of aliphatic hydroxyl groups is 3. The number of ether oxygens (including phenoxy) is 3. The van der Waals surface area contributed by atoms with Gasteiger partial charge < -0.3 is 50.8 Å². The third-order valence-corrected chi connectivity index (χ3v) is 27.2. The summed E-state index contributed by atoms with van der Waals surface area (Å²) in [7, 11) is 0. The van der Waals surface area contributed by atoms with E-state index < -0.39 is 23.7 Å². The number of piperidine rings is 1. The van der Waals surface area contributed by atoms with E-state index >= 15 is 0 Å². The Balaban J connectivity index is 0.544. The second-order valence-corrected chi connectivity index (χ2v) is 32.3. The van der Waals surface area contributed by atoms with Crippen molar-refractivity contribution >= 4 is 35.4 Å². The van der Waals surface area contributed by atoms with Crippen LogP contribution < -0.4 is 21.3 Å². The zero-order valence-electron chi connectivity index (χ0n) is 57.8. The smallest absolute Gasteiger partial charge is 0.331 e. The van der Waals surface area contributed by atoms with Gasteiger partial charge in [0.25, 0.3) is 5.91 Å². The Morgan fingerprint density at radius 3 is 2.28 bits per heavy atom. The average Bonchev–Trinajstić information content (AvgIpc) is 1.39. The molecule has 17 nitrogen and oxygen atoms in total. The van der Waals surface area contributed by atoms with Gasteiger partial charge in [-0.3, -0.25) is 28.9 Å². The maximum atomic E-state index is 14.3. The van der Waals surface area contributed by atoms with Gasteiger partial charge in [0.05, 0.1) is 35.6 Å². The molecule has 20 atom stereocenters. The van der Waals surface area contributed by atoms with Crippen molar-refractivity contribution in [3.05, 3.63) is 106 Å². The number of likely N-dealkylation sites (tertiary alicyclic amines) is 1. The highest BCUT2D eigenvalue weighted by Gasteiger charge is 2.66. The highest BCUT2D eigenvalue weighted by atomic mass is 16.5. The first-order chi connectivity index (χ1) is 46.2. The molecule has 17 heteroatoms. The number of rotatable bonds is 23. The van der Waals surface area contributed by atoms with Crippen molar-refractivity contribution in [2.75, 3.05) is 45.9 Å². The van der Waals surface area contributed by atoms with Gasteiger partial charge in [0.2, 0.25) is 17.7 Å². The molecule has 4 amide bonds. The largest absolute Gasteiger partial charge is 0.458 e. The van der Waals surface area contributed by atoms with Crippen LogP contribution in [0.25, 0.3) is 0 Å². The molecule has 2 aromatic carbocycles. The highest BCUT2D eigenvalue weighted by molar-refractivity contribution is 6.09. The molecule has 1 spiro atoms. The SMILES string of the molecule is CC1=C2C[C@H]3[C@@H](CC=C4C[C@@H](O)CC[C@@]43C)[C@@H]2CC[C@]12O[C@@H]1C[C@H](C)CN(CCNC(=O)C(CCCCNC(=O)CCCCCNC(=O)CO[C@H]3CC[C@@]4(C)[C@H](CC[C@@H]5[C@@H]4C[C@@H](O)C4[C@@H](C6=CC(=O)OC6)CC[C@@]45O)C3)NC(=O)c3ccc(C(=O)c4ccccc4)cc3)[C@H]1[C@H]2C. The maximum Gasteiger partial charge on any atom is 0.331 e. The van der Waals surface area contributed by atoms with E-state index in [0.29, 0.717) is 117 Å². The fourth-order valence-electron chi connectivity index (χ4n) is 22.1. The van der Waals surface area contributed by atoms with Crippen molar-refractivity contribution in [2.24, 2.45) is 70.0 Å². The van der Waals surface area contributed by atoms with Crippen LogP contribution >= 0.6 is 0 Å². The van der Waals surface area contributed by atoms with Crippen LogP contribution in [0.4, 0.5) is 0 Å². The zero-order valence-corrected chi connectivity index (χ0v) is 57.8. The summed E-state index contributed by atoms with van der Waals surface area (Å²) < 4.78 is 18.9. The number of unbranched alkanes of at least 4 members (excludes halogenated alkanes) is 3. The van der Waals surface area contributed by atoms with Gasteiger partial charge in [-0.1, -0.05) is 93.8 Å². The first kappa shape index (κ1) is 68.9. The minimum atomic E-state index is -0.955. The number of amides is 4. The number of cyclic esters (lactones) is 1. The van der Waals surface area contributed by atoms with Crippen LogP contribution in [-0.4, -0.2) is 149 Å². The molecule has 0 aromatic heterocycles. The summed E-state index contributed by atoms with van der Waals surface area (Å²) in [6.45, 7) is 15.1. The molecule has 0 bridgehead atoms. The monoisotopic (exact) mass is 1320 g/mol. The van der Waals surface area contributed by atoms with Crippen molar-refractivity contribution in [2.45, 2.75) is 230 Å². The van der Waals surface area contributed by atoms with E-state index in [1.165, 1.54) is 11.1 Å². The molecule has 8 fully saturated rings. The molecule has 0 radical (unpaired) electrons. The molecule has 11 aliphatic rings. The van der Waals surface area contributed by atoms with Crippen LogP contribution in [-0.2, 0) is 33.4 Å². The molecule has 13 rings (SSSR count). The standard InChI is InChI=1S/C79H109N5O12/c1-47-38-67-72(49(3)79(96-67)33-29-59-60-24-22-54-40-56(85)26-30-76(54,4)63(60)42-61(59)48(79)2)84(44-47)37-36-82-75(92)65(83-74(91)52-20-18-51(19-21-52)73(90)50-14-8-6-9-15-50)16-11-13-35-80-68(87)17-10-7-12-34-81-69(88)46-94-57-27-31-77(5)55(41-57)23-25-62-64(77)43-66(86)71-58(28-32-78(62,71)93)53-39-70(89)95-45-53/h6,8-9,14-15,18-22,39,47,49,55-60,62-67,71-72,85-86,93H,7,10-13,16-17,23-38,40-46H2,1-5H3,(H,80,87)(H,81,88)(H,82,92)(H,83,91)/t47-,49+,55+,56-,57-,58+,59-,60-,62+,63-,64-,65?,66+,67+,71?,72-,76-,77-,78-,79-/m0/s1. The fraction of sp³-hybridized carbons (Fsp3) is 0.696. The number of fused-ring (bicyclic) bond motifs is 11. The third-order valence-electron chi connectivity index (χ3n) is 27.2. The first-order valence-electron chi connectivity index (χ1n) is 37.4. The van der Waals surface area contributed by atoms with Gasteiger partial charge in [-0.2, -0.15) is 0 Å². The number of aliphatic hydroxyl groups excluding tert-OH is 2. The molecule has 2 unspecified atom stereocenters. The van der Waals surface area contributed by atoms with Crippen LogP contribution in [0.3, 0.4) is 0 Å².